The first-order valence-corrected chi connectivity index (χ1v) is 5.26. The van der Waals surface area contributed by atoms with Gasteiger partial charge >= 0.3 is 11.9 Å². The zero-order chi connectivity index (χ0) is 13.7. The summed E-state index contributed by atoms with van der Waals surface area (Å²) in [6, 6.07) is 2.43. The van der Waals surface area contributed by atoms with Gasteiger partial charge in [0.15, 0.2) is 5.76 Å². The van der Waals surface area contributed by atoms with Gasteiger partial charge in [0.1, 0.15) is 0 Å². The van der Waals surface area contributed by atoms with Gasteiger partial charge in [-0.05, 0) is 18.6 Å². The Bertz CT molecular complexity index is 464. The second-order valence-electron chi connectivity index (χ2n) is 3.75. The number of amides is 1. The first-order chi connectivity index (χ1) is 8.41. The monoisotopic (exact) mass is 255 g/mol. The zero-order valence-corrected chi connectivity index (χ0v) is 9.67. The van der Waals surface area contributed by atoms with E-state index in [4.69, 9.17) is 14.6 Å². The molecule has 0 unspecified atom stereocenters. The summed E-state index contributed by atoms with van der Waals surface area (Å²) >= 11 is 0. The van der Waals surface area contributed by atoms with Gasteiger partial charge in [0.2, 0.25) is 5.76 Å². The number of furan rings is 1. The van der Waals surface area contributed by atoms with Crippen LogP contribution in [0.5, 0.6) is 0 Å². The Morgan fingerprint density at radius 3 is 2.39 bits per heavy atom. The van der Waals surface area contributed by atoms with Crippen LogP contribution in [0.3, 0.4) is 0 Å². The highest BCUT2D eigenvalue weighted by molar-refractivity contribution is 5.93. The van der Waals surface area contributed by atoms with Gasteiger partial charge in [-0.25, -0.2) is 4.79 Å². The molecule has 0 aliphatic rings. The molecular weight excluding hydrogens is 242 g/mol. The van der Waals surface area contributed by atoms with Crippen molar-refractivity contribution in [3.05, 3.63) is 23.7 Å². The number of carboxylic acid groups (broad SMARTS) is 2. The second-order valence-corrected chi connectivity index (χ2v) is 3.75. The van der Waals surface area contributed by atoms with E-state index in [1.807, 2.05) is 0 Å². The third kappa shape index (κ3) is 3.62. The molecule has 1 atom stereocenters. The smallest absolute Gasteiger partial charge is 0.371 e. The number of nitrogens with one attached hydrogen (secondary N) is 1. The summed E-state index contributed by atoms with van der Waals surface area (Å²) in [6.07, 6.45) is 0.285. The van der Waals surface area contributed by atoms with Gasteiger partial charge in [0, 0.05) is 6.54 Å². The standard InChI is InChI=1S/C11H13NO6/c1-6(10(14)15)4-5-12-9(13)7-2-3-8(18-7)11(16)17/h2-3,6H,4-5H2,1H3,(H,12,13)(H,14,15)(H,16,17)/t6-/m1/s1. The largest absolute Gasteiger partial charge is 0.481 e. The number of aromatic carboxylic acids is 1. The second kappa shape index (κ2) is 5.85. The van der Waals surface area contributed by atoms with Crippen LogP contribution in [0, 0.1) is 5.92 Å². The van der Waals surface area contributed by atoms with E-state index in [2.05, 4.69) is 5.32 Å². The fourth-order valence-corrected chi connectivity index (χ4v) is 1.19. The minimum atomic E-state index is -1.26. The minimum absolute atomic E-state index is 0.115. The third-order valence-corrected chi connectivity index (χ3v) is 2.33. The highest BCUT2D eigenvalue weighted by atomic mass is 16.4. The lowest BCUT2D eigenvalue weighted by Crippen LogP contribution is -2.26. The molecule has 1 heterocycles. The minimum Gasteiger partial charge on any atom is -0.481 e. The molecule has 0 aliphatic heterocycles. The summed E-state index contributed by atoms with van der Waals surface area (Å²) in [4.78, 5) is 32.5. The number of hydrogen-bond donors (Lipinski definition) is 3. The van der Waals surface area contributed by atoms with Crippen molar-refractivity contribution in [3.8, 4) is 0 Å². The molecule has 1 aromatic rings. The molecule has 0 spiro atoms. The van der Waals surface area contributed by atoms with Crippen molar-refractivity contribution in [1.29, 1.82) is 0 Å². The van der Waals surface area contributed by atoms with E-state index in [9.17, 15) is 14.4 Å². The van der Waals surface area contributed by atoms with E-state index in [1.54, 1.807) is 0 Å². The van der Waals surface area contributed by atoms with Crippen molar-refractivity contribution in [2.24, 2.45) is 5.92 Å². The maximum Gasteiger partial charge on any atom is 0.371 e. The van der Waals surface area contributed by atoms with Crippen LogP contribution >= 0.6 is 0 Å². The topological polar surface area (TPSA) is 117 Å². The first kappa shape index (κ1) is 13.8. The van der Waals surface area contributed by atoms with Crippen LogP contribution in [-0.2, 0) is 4.79 Å². The maximum atomic E-state index is 11.5. The number of rotatable bonds is 6. The molecule has 3 N–H and O–H groups in total. The molecular formula is C11H13NO6. The summed E-state index contributed by atoms with van der Waals surface area (Å²) in [6.45, 7) is 1.71. The average molecular weight is 255 g/mol. The normalized spacial score (nSPS) is 11.8. The van der Waals surface area contributed by atoms with Crippen LogP contribution in [0.25, 0.3) is 0 Å². The fourth-order valence-electron chi connectivity index (χ4n) is 1.19. The Morgan fingerprint density at radius 1 is 1.28 bits per heavy atom. The number of carbonyl (C=O) groups is 3. The Kier molecular flexibility index (Phi) is 4.47. The molecule has 0 bridgehead atoms. The van der Waals surface area contributed by atoms with Crippen molar-refractivity contribution in [2.45, 2.75) is 13.3 Å². The van der Waals surface area contributed by atoms with E-state index in [1.165, 1.54) is 19.1 Å². The van der Waals surface area contributed by atoms with Crippen molar-refractivity contribution >= 4 is 17.8 Å². The van der Waals surface area contributed by atoms with Crippen LogP contribution < -0.4 is 5.32 Å². The third-order valence-electron chi connectivity index (χ3n) is 2.33. The molecule has 0 aliphatic carbocycles. The first-order valence-electron chi connectivity index (χ1n) is 5.26. The lowest BCUT2D eigenvalue weighted by molar-refractivity contribution is -0.141. The fraction of sp³-hybridized carbons (Fsp3) is 0.364. The number of carboxylic acids is 2. The van der Waals surface area contributed by atoms with Crippen LogP contribution in [0.2, 0.25) is 0 Å². The predicted molar refractivity (Wildman–Crippen MR) is 59.4 cm³/mol. The summed E-state index contributed by atoms with van der Waals surface area (Å²) in [5.74, 6) is -3.75. The molecule has 0 radical (unpaired) electrons. The average Bonchev–Trinajstić information content (AvgIpc) is 2.77. The highest BCUT2D eigenvalue weighted by Crippen LogP contribution is 2.08. The van der Waals surface area contributed by atoms with Crippen molar-refractivity contribution in [2.75, 3.05) is 6.54 Å². The molecule has 1 amide bonds. The number of aliphatic carboxylic acids is 1. The van der Waals surface area contributed by atoms with Crippen molar-refractivity contribution < 1.29 is 29.0 Å². The molecule has 0 aromatic carbocycles. The van der Waals surface area contributed by atoms with Crippen molar-refractivity contribution in [3.63, 3.8) is 0 Å². The molecule has 0 fully saturated rings. The maximum absolute atomic E-state index is 11.5. The van der Waals surface area contributed by atoms with E-state index >= 15 is 0 Å². The van der Waals surface area contributed by atoms with Crippen molar-refractivity contribution in [1.82, 2.24) is 5.32 Å². The highest BCUT2D eigenvalue weighted by Gasteiger charge is 2.15. The van der Waals surface area contributed by atoms with E-state index in [-0.39, 0.29) is 24.5 Å². The van der Waals surface area contributed by atoms with Gasteiger partial charge in [0.05, 0.1) is 5.92 Å². The Labute approximate surface area is 102 Å². The summed E-state index contributed by atoms with van der Waals surface area (Å²) in [5.41, 5.74) is 0. The van der Waals surface area contributed by atoms with E-state index in [0.717, 1.165) is 0 Å². The lowest BCUT2D eigenvalue weighted by atomic mass is 10.1. The molecule has 7 nitrogen and oxygen atoms in total. The van der Waals surface area contributed by atoms with E-state index in [0.29, 0.717) is 0 Å². The summed E-state index contributed by atoms with van der Waals surface area (Å²) in [5, 5.41) is 19.7. The van der Waals surface area contributed by atoms with E-state index < -0.39 is 23.8 Å². The molecule has 0 saturated carbocycles. The number of hydrogen-bond acceptors (Lipinski definition) is 4. The Hall–Kier alpha value is -2.31. The molecule has 0 saturated heterocycles. The van der Waals surface area contributed by atoms with Gasteiger partial charge < -0.3 is 19.9 Å². The lowest BCUT2D eigenvalue weighted by Gasteiger charge is -2.06. The SMILES string of the molecule is C[C@H](CCNC(=O)c1ccc(C(=O)O)o1)C(=O)O. The summed E-state index contributed by atoms with van der Waals surface area (Å²) in [7, 11) is 0. The molecule has 1 rings (SSSR count). The molecule has 7 heteroatoms. The van der Waals surface area contributed by atoms with Crippen LogP contribution in [0.15, 0.2) is 16.5 Å². The quantitative estimate of drug-likeness (QED) is 0.692. The molecule has 98 valence electrons. The summed E-state index contributed by atoms with van der Waals surface area (Å²) < 4.78 is 4.78. The molecule has 18 heavy (non-hydrogen) atoms. The van der Waals surface area contributed by atoms with Gasteiger partial charge in [-0.15, -0.1) is 0 Å². The Morgan fingerprint density at radius 2 is 1.89 bits per heavy atom. The van der Waals surface area contributed by atoms with Crippen LogP contribution in [0.4, 0.5) is 0 Å². The predicted octanol–water partition coefficient (Wildman–Crippen LogP) is 0.818. The molecule has 1 aromatic heterocycles. The Balaban J connectivity index is 2.45. The van der Waals surface area contributed by atoms with Crippen LogP contribution in [-0.4, -0.2) is 34.6 Å². The zero-order valence-electron chi connectivity index (χ0n) is 9.67. The van der Waals surface area contributed by atoms with Gasteiger partial charge in [-0.3, -0.25) is 9.59 Å². The van der Waals surface area contributed by atoms with Gasteiger partial charge in [-0.2, -0.15) is 0 Å². The van der Waals surface area contributed by atoms with Gasteiger partial charge in [-0.1, -0.05) is 6.92 Å². The van der Waals surface area contributed by atoms with Crippen LogP contribution in [0.1, 0.15) is 34.5 Å². The van der Waals surface area contributed by atoms with Gasteiger partial charge in [0.25, 0.3) is 5.91 Å². The number of carbonyl (C=O) groups excluding carboxylic acids is 1.